The Morgan fingerprint density at radius 3 is 2.76 bits per heavy atom. The van der Waals surface area contributed by atoms with Crippen molar-refractivity contribution in [2.75, 3.05) is 11.9 Å². The first-order valence-electron chi connectivity index (χ1n) is 10.1. The number of hydrogen-bond donors (Lipinski definition) is 2. The highest BCUT2D eigenvalue weighted by molar-refractivity contribution is 7.18. The van der Waals surface area contributed by atoms with Crippen LogP contribution in [0.5, 0.6) is 0 Å². The molecule has 0 radical (unpaired) electrons. The molecule has 0 atom stereocenters. The quantitative estimate of drug-likeness (QED) is 0.384. The summed E-state index contributed by atoms with van der Waals surface area (Å²) >= 11 is 7.57. The standard InChI is InChI=1S/C23H19ClN6O2S/c1-14-27-19-8-7-17(11-20(19)33-14)28-23-29-22(32)18(21(31)26-10-2-9-25)13-30(23)12-15-3-5-16(24)6-4-15/h3-8,11,13H,2,10,12H2,1H3,(H,26,31)(H,28,29,32). The summed E-state index contributed by atoms with van der Waals surface area (Å²) in [5, 5.41) is 16.0. The van der Waals surface area contributed by atoms with Gasteiger partial charge in [0.25, 0.3) is 11.5 Å². The highest BCUT2D eigenvalue weighted by Crippen LogP contribution is 2.26. The van der Waals surface area contributed by atoms with Gasteiger partial charge in [0, 0.05) is 23.5 Å². The smallest absolute Gasteiger partial charge is 0.287 e. The van der Waals surface area contributed by atoms with Crippen molar-refractivity contribution in [1.29, 1.82) is 5.26 Å². The van der Waals surface area contributed by atoms with Crippen molar-refractivity contribution in [2.24, 2.45) is 0 Å². The van der Waals surface area contributed by atoms with Gasteiger partial charge in [-0.3, -0.25) is 9.59 Å². The van der Waals surface area contributed by atoms with Crippen molar-refractivity contribution in [3.8, 4) is 6.07 Å². The number of halogens is 1. The van der Waals surface area contributed by atoms with E-state index in [0.717, 1.165) is 26.5 Å². The lowest BCUT2D eigenvalue weighted by atomic mass is 10.2. The number of carbonyl (C=O) groups excluding carboxylic acids is 1. The van der Waals surface area contributed by atoms with Crippen LogP contribution >= 0.6 is 22.9 Å². The second-order valence-corrected chi connectivity index (χ2v) is 8.91. The van der Waals surface area contributed by atoms with E-state index in [2.05, 4.69) is 20.6 Å². The van der Waals surface area contributed by atoms with Gasteiger partial charge < -0.3 is 15.2 Å². The third-order valence-electron chi connectivity index (χ3n) is 4.78. The summed E-state index contributed by atoms with van der Waals surface area (Å²) in [7, 11) is 0. The molecule has 166 valence electrons. The molecule has 10 heteroatoms. The number of thiazole rings is 1. The minimum Gasteiger partial charge on any atom is -0.351 e. The van der Waals surface area contributed by atoms with Crippen LogP contribution in [0.2, 0.25) is 5.02 Å². The molecule has 2 aromatic carbocycles. The monoisotopic (exact) mass is 478 g/mol. The fraction of sp³-hybridized carbons (Fsp3) is 0.174. The topological polar surface area (TPSA) is 113 Å². The lowest BCUT2D eigenvalue weighted by Crippen LogP contribution is -2.32. The highest BCUT2D eigenvalue weighted by atomic mass is 35.5. The lowest BCUT2D eigenvalue weighted by molar-refractivity contribution is 0.0952. The second kappa shape index (κ2) is 9.81. The lowest BCUT2D eigenvalue weighted by Gasteiger charge is -2.16. The maximum Gasteiger partial charge on any atom is 0.287 e. The van der Waals surface area contributed by atoms with Crippen molar-refractivity contribution < 1.29 is 4.79 Å². The van der Waals surface area contributed by atoms with Crippen molar-refractivity contribution in [3.05, 3.63) is 80.2 Å². The molecular formula is C23H19ClN6O2S. The molecule has 0 aliphatic rings. The molecule has 0 saturated carbocycles. The molecule has 0 saturated heterocycles. The van der Waals surface area contributed by atoms with Crippen LogP contribution in [-0.2, 0) is 6.54 Å². The number of aromatic nitrogens is 3. The molecule has 0 spiro atoms. The van der Waals surface area contributed by atoms with Crippen molar-refractivity contribution in [1.82, 2.24) is 19.9 Å². The van der Waals surface area contributed by atoms with Crippen LogP contribution in [0.1, 0.15) is 27.3 Å². The fourth-order valence-electron chi connectivity index (χ4n) is 3.23. The van der Waals surface area contributed by atoms with Crippen molar-refractivity contribution in [2.45, 2.75) is 19.9 Å². The van der Waals surface area contributed by atoms with E-state index in [1.807, 2.05) is 43.3 Å². The summed E-state index contributed by atoms with van der Waals surface area (Å²) in [6, 6.07) is 14.9. The maximum absolute atomic E-state index is 12.7. The first kappa shape index (κ1) is 22.5. The zero-order valence-corrected chi connectivity index (χ0v) is 19.2. The molecule has 2 N–H and O–H groups in total. The van der Waals surface area contributed by atoms with Gasteiger partial charge in [-0.25, -0.2) is 4.98 Å². The number of aryl methyl sites for hydroxylation is 1. The van der Waals surface area contributed by atoms with Crippen molar-refractivity contribution in [3.63, 3.8) is 0 Å². The molecule has 33 heavy (non-hydrogen) atoms. The Balaban J connectivity index is 1.70. The summed E-state index contributed by atoms with van der Waals surface area (Å²) in [5.41, 5.74) is 1.81. The number of nitriles is 1. The van der Waals surface area contributed by atoms with E-state index in [1.54, 1.807) is 28.0 Å². The van der Waals surface area contributed by atoms with E-state index in [4.69, 9.17) is 16.9 Å². The zero-order chi connectivity index (χ0) is 23.4. The number of nitrogens with zero attached hydrogens (tertiary/aromatic N) is 4. The molecule has 0 bridgehead atoms. The number of benzene rings is 2. The van der Waals surface area contributed by atoms with Gasteiger partial charge in [-0.2, -0.15) is 10.2 Å². The Kier molecular flexibility index (Phi) is 6.68. The van der Waals surface area contributed by atoms with Gasteiger partial charge in [0.15, 0.2) is 0 Å². The highest BCUT2D eigenvalue weighted by Gasteiger charge is 2.16. The van der Waals surface area contributed by atoms with Gasteiger partial charge in [0.2, 0.25) is 5.95 Å². The van der Waals surface area contributed by atoms with Crippen LogP contribution in [-0.4, -0.2) is 27.0 Å². The van der Waals surface area contributed by atoms with Crippen LogP contribution in [0, 0.1) is 18.3 Å². The average molecular weight is 479 g/mol. The van der Waals surface area contributed by atoms with Gasteiger partial charge >= 0.3 is 0 Å². The third kappa shape index (κ3) is 5.37. The predicted octanol–water partition coefficient (Wildman–Crippen LogP) is 4.25. The third-order valence-corrected chi connectivity index (χ3v) is 5.97. The molecule has 4 aromatic rings. The Morgan fingerprint density at radius 2 is 2.00 bits per heavy atom. The normalized spacial score (nSPS) is 10.7. The number of carbonyl (C=O) groups is 1. The van der Waals surface area contributed by atoms with Gasteiger partial charge in [-0.15, -0.1) is 11.3 Å². The molecule has 1 amide bonds. The van der Waals surface area contributed by atoms with Gasteiger partial charge in [-0.1, -0.05) is 23.7 Å². The Hall–Kier alpha value is -3.74. The molecule has 0 fully saturated rings. The molecule has 0 unspecified atom stereocenters. The Morgan fingerprint density at radius 1 is 1.21 bits per heavy atom. The molecular weight excluding hydrogens is 460 g/mol. The summed E-state index contributed by atoms with van der Waals surface area (Å²) in [6.45, 7) is 2.46. The van der Waals surface area contributed by atoms with Crippen LogP contribution in [0.4, 0.5) is 11.6 Å². The summed E-state index contributed by atoms with van der Waals surface area (Å²) in [4.78, 5) is 33.8. The van der Waals surface area contributed by atoms with Crippen LogP contribution in [0.15, 0.2) is 53.5 Å². The van der Waals surface area contributed by atoms with E-state index in [-0.39, 0.29) is 18.5 Å². The van der Waals surface area contributed by atoms with E-state index in [9.17, 15) is 9.59 Å². The molecule has 0 aliphatic carbocycles. The van der Waals surface area contributed by atoms with Crippen LogP contribution in [0.3, 0.4) is 0 Å². The maximum atomic E-state index is 12.7. The molecule has 2 aromatic heterocycles. The molecule has 4 rings (SSSR count). The van der Waals surface area contributed by atoms with Crippen LogP contribution < -0.4 is 16.2 Å². The van der Waals surface area contributed by atoms with E-state index >= 15 is 0 Å². The average Bonchev–Trinajstić information content (AvgIpc) is 3.16. The number of hydrogen-bond acceptors (Lipinski definition) is 7. The minimum atomic E-state index is -0.658. The zero-order valence-electron chi connectivity index (χ0n) is 17.6. The van der Waals surface area contributed by atoms with Gasteiger partial charge in [0.1, 0.15) is 5.56 Å². The number of rotatable bonds is 7. The first-order valence-corrected chi connectivity index (χ1v) is 11.3. The second-order valence-electron chi connectivity index (χ2n) is 7.24. The van der Waals surface area contributed by atoms with Crippen molar-refractivity contribution >= 4 is 50.7 Å². The number of fused-ring (bicyclic) bond motifs is 1. The summed E-state index contributed by atoms with van der Waals surface area (Å²) in [6.07, 6.45) is 1.63. The predicted molar refractivity (Wildman–Crippen MR) is 129 cm³/mol. The minimum absolute atomic E-state index is 0.0963. The summed E-state index contributed by atoms with van der Waals surface area (Å²) < 4.78 is 2.71. The number of anilines is 2. The Labute approximate surface area is 198 Å². The molecule has 2 heterocycles. The van der Waals surface area contributed by atoms with Gasteiger partial charge in [0.05, 0.1) is 34.3 Å². The largest absolute Gasteiger partial charge is 0.351 e. The number of nitrogens with one attached hydrogen (secondary N) is 2. The first-order chi connectivity index (χ1) is 15.9. The molecule has 8 nitrogen and oxygen atoms in total. The number of amides is 1. The van der Waals surface area contributed by atoms with E-state index in [0.29, 0.717) is 17.5 Å². The SMILES string of the molecule is Cc1nc2ccc(Nc3nc(=O)c(C(=O)NCCC#N)cn3Cc3ccc(Cl)cc3)cc2s1. The molecule has 0 aliphatic heterocycles. The van der Waals surface area contributed by atoms with E-state index < -0.39 is 11.5 Å². The summed E-state index contributed by atoms with van der Waals surface area (Å²) in [5.74, 6) is -0.273. The van der Waals surface area contributed by atoms with Crippen LogP contribution in [0.25, 0.3) is 10.2 Å². The fourth-order valence-corrected chi connectivity index (χ4v) is 4.22. The van der Waals surface area contributed by atoms with Gasteiger partial charge in [-0.05, 0) is 42.8 Å². The Bertz CT molecular complexity index is 1420. The van der Waals surface area contributed by atoms with E-state index in [1.165, 1.54) is 6.20 Å².